The van der Waals surface area contributed by atoms with E-state index in [0.717, 1.165) is 29.3 Å². The van der Waals surface area contributed by atoms with E-state index < -0.39 is 0 Å². The van der Waals surface area contributed by atoms with Gasteiger partial charge in [-0.1, -0.05) is 43.7 Å². The minimum Gasteiger partial charge on any atom is -0.497 e. The number of nitrogens with zero attached hydrogens (tertiary/aromatic N) is 1. The molecule has 0 unspecified atom stereocenters. The van der Waals surface area contributed by atoms with E-state index in [9.17, 15) is 4.79 Å². The average Bonchev–Trinajstić information content (AvgIpc) is 2.73. The minimum absolute atomic E-state index is 0.0923. The number of rotatable bonds is 9. The summed E-state index contributed by atoms with van der Waals surface area (Å²) < 4.78 is 19.3. The van der Waals surface area contributed by atoms with Crippen molar-refractivity contribution in [3.05, 3.63) is 64.4 Å². The molecule has 154 valence electrons. The molecule has 29 heavy (non-hydrogen) atoms. The molecule has 0 aliphatic carbocycles. The summed E-state index contributed by atoms with van der Waals surface area (Å²) in [7, 11) is 1.62. The number of methoxy groups -OCH3 is 1. The Hall–Kier alpha value is -2.95. The Bertz CT molecular complexity index is 1010. The van der Waals surface area contributed by atoms with E-state index in [1.807, 2.05) is 62.4 Å². The van der Waals surface area contributed by atoms with E-state index in [2.05, 4.69) is 6.92 Å². The zero-order valence-electron chi connectivity index (χ0n) is 17.6. The first kappa shape index (κ1) is 20.8. The molecule has 0 spiro atoms. The fraction of sp³-hybridized carbons (Fsp3) is 0.375. The van der Waals surface area contributed by atoms with Gasteiger partial charge in [0.15, 0.2) is 5.75 Å². The van der Waals surface area contributed by atoms with E-state index >= 15 is 0 Å². The second kappa shape index (κ2) is 9.50. The van der Waals surface area contributed by atoms with Crippen molar-refractivity contribution < 1.29 is 14.2 Å². The SMILES string of the molecule is CCCCn1c(=O)c(OCc2ccccc2)c(OC(C)C)c2ccc(OC)cc21. The molecule has 0 saturated heterocycles. The van der Waals surface area contributed by atoms with Crippen LogP contribution in [0.2, 0.25) is 0 Å². The van der Waals surface area contributed by atoms with Crippen LogP contribution < -0.4 is 19.8 Å². The third-order valence-corrected chi connectivity index (χ3v) is 4.70. The van der Waals surface area contributed by atoms with Crippen molar-refractivity contribution in [2.75, 3.05) is 7.11 Å². The van der Waals surface area contributed by atoms with Gasteiger partial charge in [-0.2, -0.15) is 0 Å². The van der Waals surface area contributed by atoms with E-state index in [1.165, 1.54) is 0 Å². The highest BCUT2D eigenvalue weighted by Crippen LogP contribution is 2.36. The number of pyridine rings is 1. The van der Waals surface area contributed by atoms with Crippen LogP contribution in [0.4, 0.5) is 0 Å². The van der Waals surface area contributed by atoms with Crippen LogP contribution in [0.5, 0.6) is 17.2 Å². The highest BCUT2D eigenvalue weighted by molar-refractivity contribution is 5.89. The highest BCUT2D eigenvalue weighted by Gasteiger charge is 2.21. The van der Waals surface area contributed by atoms with Gasteiger partial charge in [-0.3, -0.25) is 4.79 Å². The first-order chi connectivity index (χ1) is 14.0. The summed E-state index contributed by atoms with van der Waals surface area (Å²) in [6.45, 7) is 6.91. The van der Waals surface area contributed by atoms with Crippen LogP contribution in [0.25, 0.3) is 10.9 Å². The van der Waals surface area contributed by atoms with Gasteiger partial charge in [-0.15, -0.1) is 0 Å². The third-order valence-electron chi connectivity index (χ3n) is 4.70. The molecule has 0 radical (unpaired) electrons. The van der Waals surface area contributed by atoms with Gasteiger partial charge < -0.3 is 18.8 Å². The highest BCUT2D eigenvalue weighted by atomic mass is 16.5. The monoisotopic (exact) mass is 395 g/mol. The molecule has 3 aromatic rings. The van der Waals surface area contributed by atoms with Gasteiger partial charge in [0.2, 0.25) is 5.75 Å². The Morgan fingerprint density at radius 2 is 1.79 bits per heavy atom. The molecule has 1 heterocycles. The van der Waals surface area contributed by atoms with Crippen LogP contribution >= 0.6 is 0 Å². The molecule has 5 heteroatoms. The van der Waals surface area contributed by atoms with Crippen LogP contribution in [0.1, 0.15) is 39.2 Å². The standard InChI is InChI=1S/C24H29NO4/c1-5-6-14-25-21-15-19(27-4)12-13-20(21)22(29-17(2)3)23(24(25)26)28-16-18-10-8-7-9-11-18/h7-13,15,17H,5-6,14,16H2,1-4H3. The zero-order chi connectivity index (χ0) is 20.8. The lowest BCUT2D eigenvalue weighted by Gasteiger charge is -2.20. The van der Waals surface area contributed by atoms with Gasteiger partial charge in [0.05, 0.1) is 18.7 Å². The van der Waals surface area contributed by atoms with E-state index in [0.29, 0.717) is 24.7 Å². The molecule has 0 bridgehead atoms. The lowest BCUT2D eigenvalue weighted by molar-refractivity contribution is 0.218. The summed E-state index contributed by atoms with van der Waals surface area (Å²) in [6, 6.07) is 15.5. The Labute approximate surface area is 171 Å². The van der Waals surface area contributed by atoms with E-state index in [1.54, 1.807) is 11.7 Å². The number of fused-ring (bicyclic) bond motifs is 1. The van der Waals surface area contributed by atoms with Crippen molar-refractivity contribution in [3.8, 4) is 17.2 Å². The predicted molar refractivity (Wildman–Crippen MR) is 116 cm³/mol. The van der Waals surface area contributed by atoms with Gasteiger partial charge in [-0.05, 0) is 38.0 Å². The topological polar surface area (TPSA) is 49.7 Å². The van der Waals surface area contributed by atoms with Crippen LogP contribution in [-0.2, 0) is 13.2 Å². The van der Waals surface area contributed by atoms with Crippen LogP contribution in [0.3, 0.4) is 0 Å². The summed E-state index contributed by atoms with van der Waals surface area (Å²) in [4.78, 5) is 13.4. The largest absolute Gasteiger partial charge is 0.497 e. The zero-order valence-corrected chi connectivity index (χ0v) is 17.6. The molecule has 0 saturated carbocycles. The molecule has 0 atom stereocenters. The maximum atomic E-state index is 13.4. The molecule has 1 aromatic heterocycles. The van der Waals surface area contributed by atoms with Crippen molar-refractivity contribution in [1.82, 2.24) is 4.57 Å². The number of hydrogen-bond acceptors (Lipinski definition) is 4. The van der Waals surface area contributed by atoms with Gasteiger partial charge >= 0.3 is 0 Å². The first-order valence-electron chi connectivity index (χ1n) is 10.1. The number of hydrogen-bond donors (Lipinski definition) is 0. The van der Waals surface area contributed by atoms with Crippen LogP contribution in [-0.4, -0.2) is 17.8 Å². The van der Waals surface area contributed by atoms with Gasteiger partial charge in [-0.25, -0.2) is 0 Å². The second-order valence-corrected chi connectivity index (χ2v) is 7.29. The van der Waals surface area contributed by atoms with Gasteiger partial charge in [0, 0.05) is 18.0 Å². The van der Waals surface area contributed by atoms with Crippen molar-refractivity contribution >= 4 is 10.9 Å². The maximum absolute atomic E-state index is 13.4. The number of ether oxygens (including phenoxy) is 3. The van der Waals surface area contributed by atoms with Gasteiger partial charge in [0.1, 0.15) is 12.4 Å². The first-order valence-corrected chi connectivity index (χ1v) is 10.1. The fourth-order valence-corrected chi connectivity index (χ4v) is 3.25. The lowest BCUT2D eigenvalue weighted by atomic mass is 10.1. The van der Waals surface area contributed by atoms with Crippen molar-refractivity contribution in [2.24, 2.45) is 0 Å². The molecule has 0 amide bonds. The van der Waals surface area contributed by atoms with Crippen molar-refractivity contribution in [3.63, 3.8) is 0 Å². The molecule has 0 aliphatic rings. The van der Waals surface area contributed by atoms with Crippen LogP contribution in [0, 0.1) is 0 Å². The molecule has 0 N–H and O–H groups in total. The van der Waals surface area contributed by atoms with Crippen LogP contribution in [0.15, 0.2) is 53.3 Å². The third kappa shape index (κ3) is 4.73. The van der Waals surface area contributed by atoms with Gasteiger partial charge in [0.25, 0.3) is 5.56 Å². The average molecular weight is 395 g/mol. The normalized spacial score (nSPS) is 11.1. The summed E-state index contributed by atoms with van der Waals surface area (Å²) in [5.41, 5.74) is 1.62. The quantitative estimate of drug-likeness (QED) is 0.501. The number of benzene rings is 2. The summed E-state index contributed by atoms with van der Waals surface area (Å²) >= 11 is 0. The number of aromatic nitrogens is 1. The maximum Gasteiger partial charge on any atom is 0.297 e. The molecule has 0 fully saturated rings. The predicted octanol–water partition coefficient (Wildman–Crippen LogP) is 5.18. The Balaban J connectivity index is 2.18. The summed E-state index contributed by atoms with van der Waals surface area (Å²) in [6.07, 6.45) is 1.79. The summed E-state index contributed by atoms with van der Waals surface area (Å²) in [5.74, 6) is 1.46. The Morgan fingerprint density at radius 3 is 2.45 bits per heavy atom. The number of unbranched alkanes of at least 4 members (excludes halogenated alkanes) is 1. The second-order valence-electron chi connectivity index (χ2n) is 7.29. The fourth-order valence-electron chi connectivity index (χ4n) is 3.25. The lowest BCUT2D eigenvalue weighted by Crippen LogP contribution is -2.24. The van der Waals surface area contributed by atoms with Crippen molar-refractivity contribution in [2.45, 2.75) is 52.9 Å². The Kier molecular flexibility index (Phi) is 6.81. The molecule has 2 aromatic carbocycles. The van der Waals surface area contributed by atoms with E-state index in [-0.39, 0.29) is 17.4 Å². The summed E-state index contributed by atoms with van der Waals surface area (Å²) in [5, 5.41) is 0.846. The Morgan fingerprint density at radius 1 is 1.03 bits per heavy atom. The molecular weight excluding hydrogens is 366 g/mol. The van der Waals surface area contributed by atoms with E-state index in [4.69, 9.17) is 14.2 Å². The molecule has 3 rings (SSSR count). The molecular formula is C24H29NO4. The number of aryl methyl sites for hydroxylation is 1. The van der Waals surface area contributed by atoms with Crippen molar-refractivity contribution in [1.29, 1.82) is 0 Å². The smallest absolute Gasteiger partial charge is 0.297 e. The molecule has 0 aliphatic heterocycles. The minimum atomic E-state index is -0.175. The molecule has 5 nitrogen and oxygen atoms in total.